The second-order valence-corrected chi connectivity index (χ2v) is 6.74. The number of amides is 1. The Morgan fingerprint density at radius 1 is 1.08 bits per heavy atom. The number of carbonyl (C=O) groups excluding carboxylic acids is 1. The SMILES string of the molecule is O=C(COc1ccc2ccc(=O)oc2c1)NCCSCc1ccccc1. The van der Waals surface area contributed by atoms with E-state index in [4.69, 9.17) is 9.15 Å². The molecule has 2 aromatic carbocycles. The van der Waals surface area contributed by atoms with E-state index in [2.05, 4.69) is 17.4 Å². The van der Waals surface area contributed by atoms with Gasteiger partial charge in [-0.05, 0) is 23.8 Å². The third-order valence-corrected chi connectivity index (χ3v) is 4.67. The Labute approximate surface area is 155 Å². The van der Waals surface area contributed by atoms with Gasteiger partial charge in [0.05, 0.1) is 0 Å². The van der Waals surface area contributed by atoms with Gasteiger partial charge in [-0.2, -0.15) is 11.8 Å². The molecule has 1 amide bonds. The molecule has 0 aliphatic heterocycles. The van der Waals surface area contributed by atoms with Crippen molar-refractivity contribution in [3.63, 3.8) is 0 Å². The van der Waals surface area contributed by atoms with Crippen LogP contribution in [-0.2, 0) is 10.5 Å². The van der Waals surface area contributed by atoms with Gasteiger partial charge in [-0.3, -0.25) is 4.79 Å². The highest BCUT2D eigenvalue weighted by Crippen LogP contribution is 2.19. The molecule has 0 aliphatic carbocycles. The van der Waals surface area contributed by atoms with Crippen LogP contribution in [-0.4, -0.2) is 24.8 Å². The van der Waals surface area contributed by atoms with Gasteiger partial charge >= 0.3 is 5.63 Å². The molecule has 0 spiro atoms. The van der Waals surface area contributed by atoms with E-state index in [0.717, 1.165) is 16.9 Å². The fourth-order valence-electron chi connectivity index (χ4n) is 2.36. The second-order valence-electron chi connectivity index (χ2n) is 5.63. The largest absolute Gasteiger partial charge is 0.484 e. The topological polar surface area (TPSA) is 68.5 Å². The summed E-state index contributed by atoms with van der Waals surface area (Å²) in [4.78, 5) is 23.1. The number of nitrogens with one attached hydrogen (secondary N) is 1. The van der Waals surface area contributed by atoms with E-state index in [-0.39, 0.29) is 12.5 Å². The first-order valence-corrected chi connectivity index (χ1v) is 9.41. The molecule has 0 bridgehead atoms. The lowest BCUT2D eigenvalue weighted by Gasteiger charge is -2.08. The van der Waals surface area contributed by atoms with E-state index in [9.17, 15) is 9.59 Å². The van der Waals surface area contributed by atoms with Crippen molar-refractivity contribution in [2.45, 2.75) is 5.75 Å². The smallest absolute Gasteiger partial charge is 0.336 e. The van der Waals surface area contributed by atoms with Gasteiger partial charge in [0.2, 0.25) is 0 Å². The van der Waals surface area contributed by atoms with Crippen LogP contribution in [0.3, 0.4) is 0 Å². The molecule has 0 saturated carbocycles. The third-order valence-electron chi connectivity index (χ3n) is 3.64. The van der Waals surface area contributed by atoms with Crippen LogP contribution >= 0.6 is 11.8 Å². The van der Waals surface area contributed by atoms with Gasteiger partial charge in [0.25, 0.3) is 5.91 Å². The monoisotopic (exact) mass is 369 g/mol. The second kappa shape index (κ2) is 9.10. The van der Waals surface area contributed by atoms with Crippen molar-refractivity contribution in [1.82, 2.24) is 5.32 Å². The molecule has 0 fully saturated rings. The van der Waals surface area contributed by atoms with Crippen LogP contribution < -0.4 is 15.7 Å². The van der Waals surface area contributed by atoms with Crippen molar-refractivity contribution >= 4 is 28.6 Å². The summed E-state index contributed by atoms with van der Waals surface area (Å²) in [6.45, 7) is 0.512. The number of rotatable bonds is 8. The van der Waals surface area contributed by atoms with E-state index in [1.807, 2.05) is 18.2 Å². The van der Waals surface area contributed by atoms with Crippen LogP contribution in [0.25, 0.3) is 11.0 Å². The molecule has 3 aromatic rings. The van der Waals surface area contributed by atoms with Crippen molar-refractivity contribution < 1.29 is 13.9 Å². The number of hydrogen-bond donors (Lipinski definition) is 1. The van der Waals surface area contributed by atoms with Gasteiger partial charge in [-0.1, -0.05) is 30.3 Å². The quantitative estimate of drug-likeness (QED) is 0.488. The predicted molar refractivity (Wildman–Crippen MR) is 104 cm³/mol. The Bertz CT molecular complexity index is 924. The van der Waals surface area contributed by atoms with Gasteiger partial charge in [-0.25, -0.2) is 4.79 Å². The Morgan fingerprint density at radius 3 is 2.73 bits per heavy atom. The Balaban J connectivity index is 1.38. The summed E-state index contributed by atoms with van der Waals surface area (Å²) in [5, 5.41) is 3.63. The predicted octanol–water partition coefficient (Wildman–Crippen LogP) is 3.22. The zero-order valence-electron chi connectivity index (χ0n) is 14.1. The van der Waals surface area contributed by atoms with E-state index in [1.54, 1.807) is 36.0 Å². The molecule has 1 heterocycles. The van der Waals surface area contributed by atoms with Gasteiger partial charge in [0.15, 0.2) is 6.61 Å². The van der Waals surface area contributed by atoms with Crippen LogP contribution in [0.5, 0.6) is 5.75 Å². The molecule has 1 N–H and O–H groups in total. The van der Waals surface area contributed by atoms with E-state index >= 15 is 0 Å². The van der Waals surface area contributed by atoms with Crippen molar-refractivity contribution in [3.05, 3.63) is 76.6 Å². The number of carbonyl (C=O) groups is 1. The lowest BCUT2D eigenvalue weighted by Crippen LogP contribution is -2.30. The highest BCUT2D eigenvalue weighted by molar-refractivity contribution is 7.98. The molecule has 0 saturated heterocycles. The molecule has 0 unspecified atom stereocenters. The van der Waals surface area contributed by atoms with Crippen LogP contribution in [0.1, 0.15) is 5.56 Å². The summed E-state index contributed by atoms with van der Waals surface area (Å²) in [5.41, 5.74) is 1.29. The van der Waals surface area contributed by atoms with Crippen molar-refractivity contribution in [2.75, 3.05) is 18.9 Å². The van der Waals surface area contributed by atoms with Gasteiger partial charge in [-0.15, -0.1) is 0 Å². The lowest BCUT2D eigenvalue weighted by atomic mass is 10.2. The summed E-state index contributed by atoms with van der Waals surface area (Å²) >= 11 is 1.77. The number of ether oxygens (including phenoxy) is 1. The zero-order chi connectivity index (χ0) is 18.2. The average molecular weight is 369 g/mol. The maximum atomic E-state index is 11.8. The van der Waals surface area contributed by atoms with Crippen LogP contribution in [0, 0.1) is 0 Å². The van der Waals surface area contributed by atoms with E-state index < -0.39 is 5.63 Å². The minimum atomic E-state index is -0.416. The van der Waals surface area contributed by atoms with Gasteiger partial charge < -0.3 is 14.5 Å². The molecule has 134 valence electrons. The van der Waals surface area contributed by atoms with Crippen LogP contribution in [0.15, 0.2) is 69.9 Å². The first-order valence-electron chi connectivity index (χ1n) is 8.26. The minimum absolute atomic E-state index is 0.0775. The van der Waals surface area contributed by atoms with Crippen LogP contribution in [0.4, 0.5) is 0 Å². The lowest BCUT2D eigenvalue weighted by molar-refractivity contribution is -0.122. The van der Waals surface area contributed by atoms with Crippen molar-refractivity contribution in [1.29, 1.82) is 0 Å². The standard InChI is InChI=1S/C20H19NO4S/c22-19(21-10-11-26-14-15-4-2-1-3-5-15)13-24-17-8-6-16-7-9-20(23)25-18(16)12-17/h1-9,12H,10-11,13-14H2,(H,21,22). The first-order chi connectivity index (χ1) is 12.7. The maximum Gasteiger partial charge on any atom is 0.336 e. The Morgan fingerprint density at radius 2 is 1.88 bits per heavy atom. The third kappa shape index (κ3) is 5.39. The Kier molecular flexibility index (Phi) is 6.33. The summed E-state index contributed by atoms with van der Waals surface area (Å²) in [5.74, 6) is 2.07. The number of fused-ring (bicyclic) bond motifs is 1. The van der Waals surface area contributed by atoms with E-state index in [1.165, 1.54) is 11.6 Å². The van der Waals surface area contributed by atoms with Crippen molar-refractivity contribution in [2.24, 2.45) is 0 Å². The molecule has 5 nitrogen and oxygen atoms in total. The zero-order valence-corrected chi connectivity index (χ0v) is 15.0. The molecule has 0 atom stereocenters. The summed E-state index contributed by atoms with van der Waals surface area (Å²) in [6, 6.07) is 18.4. The van der Waals surface area contributed by atoms with Crippen molar-refractivity contribution in [3.8, 4) is 5.75 Å². The fraction of sp³-hybridized carbons (Fsp3) is 0.200. The Hall–Kier alpha value is -2.73. The molecular weight excluding hydrogens is 350 g/mol. The average Bonchev–Trinajstić information content (AvgIpc) is 2.66. The normalized spacial score (nSPS) is 10.6. The fourth-order valence-corrected chi connectivity index (χ4v) is 3.18. The maximum absolute atomic E-state index is 11.8. The number of thioether (sulfide) groups is 1. The minimum Gasteiger partial charge on any atom is -0.484 e. The molecule has 6 heteroatoms. The number of benzene rings is 2. The first kappa shape index (κ1) is 18.1. The highest BCUT2D eigenvalue weighted by atomic mass is 32.2. The molecule has 26 heavy (non-hydrogen) atoms. The molecular formula is C20H19NO4S. The molecule has 3 rings (SSSR count). The summed E-state index contributed by atoms with van der Waals surface area (Å²) < 4.78 is 10.6. The summed E-state index contributed by atoms with van der Waals surface area (Å²) in [7, 11) is 0. The molecule has 0 aliphatic rings. The summed E-state index contributed by atoms with van der Waals surface area (Å²) in [6.07, 6.45) is 0. The van der Waals surface area contributed by atoms with Gasteiger partial charge in [0.1, 0.15) is 11.3 Å². The molecule has 1 aromatic heterocycles. The highest BCUT2D eigenvalue weighted by Gasteiger charge is 2.04. The molecule has 0 radical (unpaired) electrons. The van der Waals surface area contributed by atoms with Gasteiger partial charge in [0, 0.05) is 35.6 Å². The van der Waals surface area contributed by atoms with Crippen LogP contribution in [0.2, 0.25) is 0 Å². The van der Waals surface area contributed by atoms with E-state index in [0.29, 0.717) is 17.9 Å². The number of hydrogen-bond acceptors (Lipinski definition) is 5.